The van der Waals surface area contributed by atoms with Crippen LogP contribution in [0.15, 0.2) is 70.5 Å². The summed E-state index contributed by atoms with van der Waals surface area (Å²) in [5.74, 6) is 0. The second kappa shape index (κ2) is 10.4. The molecule has 0 aliphatic heterocycles. The zero-order valence-electron chi connectivity index (χ0n) is 12.8. The van der Waals surface area contributed by atoms with E-state index in [1.165, 1.54) is 0 Å². The van der Waals surface area contributed by atoms with Gasteiger partial charge in [-0.1, -0.05) is 36.4 Å². The van der Waals surface area contributed by atoms with Crippen molar-refractivity contribution < 1.29 is 74.0 Å². The van der Waals surface area contributed by atoms with Crippen molar-refractivity contribution in [3.63, 3.8) is 0 Å². The molecule has 0 fully saturated rings. The Kier molecular flexibility index (Phi) is 10.8. The van der Waals surface area contributed by atoms with Crippen molar-refractivity contribution in [3.8, 4) is 0 Å². The van der Waals surface area contributed by atoms with Gasteiger partial charge in [-0.2, -0.15) is 3.63 Å². The third-order valence-corrected chi connectivity index (χ3v) is 4.30. The van der Waals surface area contributed by atoms with E-state index in [4.69, 9.17) is 3.63 Å². The van der Waals surface area contributed by atoms with Gasteiger partial charge in [0, 0.05) is 0 Å². The molecule has 0 saturated heterocycles. The monoisotopic (exact) mass is 314 g/mol. The Balaban J connectivity index is -0.000000810. The van der Waals surface area contributed by atoms with Crippen LogP contribution in [-0.2, 0) is 25.8 Å². The van der Waals surface area contributed by atoms with Gasteiger partial charge in [-0.15, -0.1) is 0 Å². The van der Waals surface area contributed by atoms with Gasteiger partial charge >= 0.3 is 59.1 Å². The summed E-state index contributed by atoms with van der Waals surface area (Å²) < 4.78 is 28.4. The average Bonchev–Trinajstić information content (AvgIpc) is 2.40. The van der Waals surface area contributed by atoms with E-state index in [1.54, 1.807) is 48.5 Å². The summed E-state index contributed by atoms with van der Waals surface area (Å²) in [5.41, 5.74) is 0. The molecule has 2 aromatic carbocycles. The minimum Gasteiger partial charge on any atom is -1.00 e. The maximum Gasteiger partial charge on any atom is 1.00 e. The Morgan fingerprint density at radius 3 is 1.32 bits per heavy atom. The molecule has 0 bridgehead atoms. The quantitative estimate of drug-likeness (QED) is 0.555. The predicted molar refractivity (Wildman–Crippen MR) is 69.0 cm³/mol. The van der Waals surface area contributed by atoms with Crippen LogP contribution < -0.4 is 59.1 Å². The van der Waals surface area contributed by atoms with Crippen LogP contribution in [0, 0.1) is 0 Å². The van der Waals surface area contributed by atoms with Crippen molar-refractivity contribution in [2.75, 3.05) is 0 Å². The summed E-state index contributed by atoms with van der Waals surface area (Å²) in [6, 6.07) is 17.3. The molecule has 0 aliphatic carbocycles. The van der Waals surface area contributed by atoms with E-state index in [0.29, 0.717) is 9.79 Å². The molecule has 0 atom stereocenters. The third kappa shape index (κ3) is 6.33. The molecule has 0 aliphatic rings. The van der Waals surface area contributed by atoms with Crippen molar-refractivity contribution in [1.29, 1.82) is 0 Å². The fourth-order valence-electron chi connectivity index (χ4n) is 1.20. The molecule has 0 radical (unpaired) electrons. The van der Waals surface area contributed by atoms with Crippen molar-refractivity contribution in [1.82, 2.24) is 0 Å². The first-order valence-electron chi connectivity index (χ1n) is 4.90. The van der Waals surface area contributed by atoms with Gasteiger partial charge in [0.2, 0.25) is 22.2 Å². The molecule has 0 unspecified atom stereocenters. The van der Waals surface area contributed by atoms with E-state index in [2.05, 4.69) is 0 Å². The fraction of sp³-hybridized carbons (Fsp3) is 0. The summed E-state index contributed by atoms with van der Waals surface area (Å²) in [5, 5.41) is 0. The van der Waals surface area contributed by atoms with Gasteiger partial charge in [0.25, 0.3) is 0 Å². The molecule has 0 heterocycles. The van der Waals surface area contributed by atoms with Gasteiger partial charge in [0.05, 0.1) is 9.79 Å². The molecule has 2 aromatic rings. The number of hydrogen-bond donors (Lipinski definition) is 0. The molecular formula is C12H12Na2O3S2. The Hall–Kier alpha value is 0.700. The second-order valence-corrected chi connectivity index (χ2v) is 5.59. The number of benzene rings is 2. The van der Waals surface area contributed by atoms with Crippen molar-refractivity contribution in [2.45, 2.75) is 9.79 Å². The van der Waals surface area contributed by atoms with E-state index in [9.17, 15) is 8.42 Å². The summed E-state index contributed by atoms with van der Waals surface area (Å²) in [4.78, 5) is 0.994. The van der Waals surface area contributed by atoms with Crippen LogP contribution in [0.2, 0.25) is 0 Å². The van der Waals surface area contributed by atoms with Gasteiger partial charge in [0.1, 0.15) is 0 Å². The van der Waals surface area contributed by atoms with Gasteiger partial charge in [-0.25, -0.2) is 8.42 Å². The van der Waals surface area contributed by atoms with Crippen molar-refractivity contribution in [3.05, 3.63) is 60.7 Å². The SMILES string of the molecule is O=S(OS(=O)c1ccccc1)c1ccccc1.[H-].[H-].[Na+].[Na+]. The molecular weight excluding hydrogens is 302 g/mol. The van der Waals surface area contributed by atoms with E-state index >= 15 is 0 Å². The Morgan fingerprint density at radius 2 is 1.00 bits per heavy atom. The molecule has 0 spiro atoms. The van der Waals surface area contributed by atoms with Crippen LogP contribution in [0.4, 0.5) is 0 Å². The largest absolute Gasteiger partial charge is 1.00 e. The predicted octanol–water partition coefficient (Wildman–Crippen LogP) is -3.32. The minimum atomic E-state index is -1.71. The maximum absolute atomic E-state index is 11.7. The minimum absolute atomic E-state index is 0. The zero-order valence-corrected chi connectivity index (χ0v) is 16.4. The summed E-state index contributed by atoms with van der Waals surface area (Å²) >= 11 is -3.43. The first kappa shape index (κ1) is 19.7. The maximum atomic E-state index is 11.7. The molecule has 0 amide bonds. The van der Waals surface area contributed by atoms with E-state index in [0.717, 1.165) is 0 Å². The molecule has 0 saturated carbocycles. The first-order valence-corrected chi connectivity index (χ1v) is 7.05. The fourth-order valence-corrected chi connectivity index (χ4v) is 3.03. The zero-order chi connectivity index (χ0) is 12.1. The topological polar surface area (TPSA) is 43.4 Å². The Morgan fingerprint density at radius 1 is 0.684 bits per heavy atom. The van der Waals surface area contributed by atoms with Gasteiger partial charge in [0.15, 0.2) is 0 Å². The molecule has 3 nitrogen and oxygen atoms in total. The molecule has 92 valence electrons. The van der Waals surface area contributed by atoms with Crippen LogP contribution in [0.3, 0.4) is 0 Å². The van der Waals surface area contributed by atoms with Crippen molar-refractivity contribution >= 4 is 22.2 Å². The van der Waals surface area contributed by atoms with E-state index in [-0.39, 0.29) is 62.0 Å². The number of rotatable bonds is 4. The van der Waals surface area contributed by atoms with Crippen LogP contribution in [-0.4, -0.2) is 8.42 Å². The van der Waals surface area contributed by atoms with Crippen LogP contribution in [0.1, 0.15) is 2.85 Å². The van der Waals surface area contributed by atoms with Crippen molar-refractivity contribution in [2.24, 2.45) is 0 Å². The van der Waals surface area contributed by atoms with Gasteiger partial charge in [-0.05, 0) is 24.3 Å². The summed E-state index contributed by atoms with van der Waals surface area (Å²) in [6.07, 6.45) is 0. The van der Waals surface area contributed by atoms with Crippen LogP contribution >= 0.6 is 0 Å². The molecule has 2 rings (SSSR count). The molecule has 7 heteroatoms. The second-order valence-electron chi connectivity index (χ2n) is 3.16. The summed E-state index contributed by atoms with van der Waals surface area (Å²) in [7, 11) is 0. The average molecular weight is 314 g/mol. The van der Waals surface area contributed by atoms with Gasteiger partial charge in [-0.3, -0.25) is 0 Å². The Labute approximate surface area is 165 Å². The van der Waals surface area contributed by atoms with Crippen LogP contribution in [0.5, 0.6) is 0 Å². The standard InChI is InChI=1S/C12H10O3S2.2Na.2H/c13-16(11-7-3-1-4-8-11)15-17(14)12-9-5-2-6-10-12;;;;/h1-10H;;;;/q;2*+1;2*-1. The summed E-state index contributed by atoms with van der Waals surface area (Å²) in [6.45, 7) is 0. The molecule has 0 aromatic heterocycles. The van der Waals surface area contributed by atoms with Gasteiger partial charge < -0.3 is 2.85 Å². The van der Waals surface area contributed by atoms with Crippen LogP contribution in [0.25, 0.3) is 0 Å². The number of hydrogen-bond acceptors (Lipinski definition) is 3. The Bertz CT molecular complexity index is 495. The first-order chi connectivity index (χ1) is 8.27. The molecule has 19 heavy (non-hydrogen) atoms. The van der Waals surface area contributed by atoms with E-state index < -0.39 is 22.2 Å². The van der Waals surface area contributed by atoms with E-state index in [1.807, 2.05) is 12.1 Å². The smallest absolute Gasteiger partial charge is 1.00 e. The normalized spacial score (nSPS) is 12.6. The molecule has 0 N–H and O–H groups in total. The third-order valence-electron chi connectivity index (χ3n) is 1.99.